The first-order valence-corrected chi connectivity index (χ1v) is 7.04. The summed E-state index contributed by atoms with van der Waals surface area (Å²) in [7, 11) is -2.35. The second kappa shape index (κ2) is 5.12. The van der Waals surface area contributed by atoms with Gasteiger partial charge in [-0.05, 0) is 21.8 Å². The van der Waals surface area contributed by atoms with Crippen LogP contribution in [0.2, 0.25) is 0 Å². The predicted molar refractivity (Wildman–Crippen MR) is 63.3 cm³/mol. The highest BCUT2D eigenvalue weighted by atomic mass is 79.9. The zero-order valence-corrected chi connectivity index (χ0v) is 11.9. The van der Waals surface area contributed by atoms with Crippen molar-refractivity contribution in [2.24, 2.45) is 13.0 Å². The van der Waals surface area contributed by atoms with Crippen molar-refractivity contribution >= 4 is 26.0 Å². The molecule has 1 atom stereocenters. The van der Waals surface area contributed by atoms with Crippen LogP contribution < -0.4 is 4.72 Å². The van der Waals surface area contributed by atoms with Gasteiger partial charge >= 0.3 is 0 Å². The van der Waals surface area contributed by atoms with Gasteiger partial charge in [-0.25, -0.2) is 13.1 Å². The maximum atomic E-state index is 12.0. The number of nitriles is 1. The zero-order chi connectivity index (χ0) is 13.2. The third-order valence-corrected chi connectivity index (χ3v) is 4.41. The van der Waals surface area contributed by atoms with Crippen LogP contribution in [0.1, 0.15) is 13.8 Å². The van der Waals surface area contributed by atoms with E-state index in [4.69, 9.17) is 5.26 Å². The minimum absolute atomic E-state index is 0.0987. The van der Waals surface area contributed by atoms with E-state index in [1.807, 2.05) is 6.07 Å². The molecule has 0 aliphatic heterocycles. The molecule has 1 heterocycles. The van der Waals surface area contributed by atoms with Gasteiger partial charge in [0, 0.05) is 7.05 Å². The molecule has 0 aromatic carbocycles. The lowest BCUT2D eigenvalue weighted by Gasteiger charge is -2.14. The Labute approximate surface area is 108 Å². The van der Waals surface area contributed by atoms with Crippen molar-refractivity contribution in [2.75, 3.05) is 0 Å². The van der Waals surface area contributed by atoms with Crippen molar-refractivity contribution < 1.29 is 8.42 Å². The normalized spacial score (nSPS) is 13.6. The quantitative estimate of drug-likeness (QED) is 0.865. The Bertz CT molecular complexity index is 525. The van der Waals surface area contributed by atoms with Gasteiger partial charge in [-0.3, -0.25) is 0 Å². The second-order valence-electron chi connectivity index (χ2n) is 3.78. The number of nitrogens with one attached hydrogen (secondary N) is 1. The molecule has 0 radical (unpaired) electrons. The van der Waals surface area contributed by atoms with Crippen LogP contribution >= 0.6 is 15.9 Å². The molecule has 9 heteroatoms. The maximum Gasteiger partial charge on any atom is 0.261 e. The maximum absolute atomic E-state index is 12.0. The summed E-state index contributed by atoms with van der Waals surface area (Å²) < 4.78 is 27.6. The summed E-state index contributed by atoms with van der Waals surface area (Å²) in [5.74, 6) is -0.130. The monoisotopic (exact) mass is 321 g/mol. The molecule has 1 aromatic heterocycles. The predicted octanol–water partition coefficient (Wildman–Crippen LogP) is 0.404. The van der Waals surface area contributed by atoms with E-state index in [-0.39, 0.29) is 15.5 Å². The van der Waals surface area contributed by atoms with Crippen molar-refractivity contribution in [1.82, 2.24) is 19.7 Å². The lowest BCUT2D eigenvalue weighted by Crippen LogP contribution is -2.38. The van der Waals surface area contributed by atoms with Gasteiger partial charge in [0.05, 0.1) is 6.07 Å². The molecular weight excluding hydrogens is 310 g/mol. The molecule has 0 aliphatic rings. The number of nitrogens with zero attached hydrogens (tertiary/aromatic N) is 4. The van der Waals surface area contributed by atoms with Gasteiger partial charge in [-0.1, -0.05) is 19.1 Å². The van der Waals surface area contributed by atoms with Crippen LogP contribution in [0.5, 0.6) is 0 Å². The van der Waals surface area contributed by atoms with Crippen LogP contribution in [0.25, 0.3) is 0 Å². The molecule has 0 saturated carbocycles. The van der Waals surface area contributed by atoms with E-state index in [9.17, 15) is 8.42 Å². The molecule has 0 aliphatic carbocycles. The van der Waals surface area contributed by atoms with Crippen LogP contribution in [0.4, 0.5) is 0 Å². The fourth-order valence-corrected chi connectivity index (χ4v) is 3.53. The molecule has 0 amide bonds. The van der Waals surface area contributed by atoms with E-state index in [0.717, 1.165) is 4.68 Å². The highest BCUT2D eigenvalue weighted by Gasteiger charge is 2.28. The summed E-state index contributed by atoms with van der Waals surface area (Å²) >= 11 is 3.01. The van der Waals surface area contributed by atoms with Crippen LogP contribution in [-0.2, 0) is 17.1 Å². The third kappa shape index (κ3) is 3.02. The smallest absolute Gasteiger partial charge is 0.235 e. The average molecular weight is 322 g/mol. The van der Waals surface area contributed by atoms with Gasteiger partial charge in [0.25, 0.3) is 10.0 Å². The SMILES string of the molecule is CC(C)C(C#N)NS(=O)(=O)c1c(Br)nnn1C. The molecule has 0 bridgehead atoms. The minimum Gasteiger partial charge on any atom is -0.235 e. The van der Waals surface area contributed by atoms with Crippen molar-refractivity contribution in [1.29, 1.82) is 5.26 Å². The van der Waals surface area contributed by atoms with Crippen molar-refractivity contribution in [3.8, 4) is 6.07 Å². The number of hydrogen-bond acceptors (Lipinski definition) is 5. The van der Waals surface area contributed by atoms with Crippen molar-refractivity contribution in [2.45, 2.75) is 24.9 Å². The Balaban J connectivity index is 3.10. The Hall–Kier alpha value is -0.980. The first-order chi connectivity index (χ1) is 7.79. The van der Waals surface area contributed by atoms with Crippen LogP contribution in [-0.4, -0.2) is 29.5 Å². The van der Waals surface area contributed by atoms with Gasteiger partial charge < -0.3 is 0 Å². The van der Waals surface area contributed by atoms with Crippen LogP contribution in [0.3, 0.4) is 0 Å². The lowest BCUT2D eigenvalue weighted by molar-refractivity contribution is 0.507. The van der Waals surface area contributed by atoms with Gasteiger partial charge in [-0.15, -0.1) is 5.10 Å². The highest BCUT2D eigenvalue weighted by Crippen LogP contribution is 2.18. The van der Waals surface area contributed by atoms with E-state index in [0.29, 0.717) is 0 Å². The minimum atomic E-state index is -3.82. The summed E-state index contributed by atoms with van der Waals surface area (Å²) in [5, 5.41) is 15.9. The summed E-state index contributed by atoms with van der Waals surface area (Å²) in [6.07, 6.45) is 0. The van der Waals surface area contributed by atoms with Crippen LogP contribution in [0, 0.1) is 17.2 Å². The van der Waals surface area contributed by atoms with E-state index < -0.39 is 16.1 Å². The molecule has 1 aromatic rings. The standard InChI is InChI=1S/C8H12BrN5O2S/c1-5(2)6(4-10)12-17(15,16)8-7(9)11-13-14(8)3/h5-6,12H,1-3H3. The largest absolute Gasteiger partial charge is 0.261 e. The summed E-state index contributed by atoms with van der Waals surface area (Å²) in [6, 6.07) is 1.11. The van der Waals surface area contributed by atoms with Crippen molar-refractivity contribution in [3.05, 3.63) is 4.60 Å². The van der Waals surface area contributed by atoms with Gasteiger partial charge in [0.1, 0.15) is 6.04 Å². The molecule has 1 unspecified atom stereocenters. The molecule has 17 heavy (non-hydrogen) atoms. The molecule has 1 rings (SSSR count). The fourth-order valence-electron chi connectivity index (χ4n) is 1.14. The van der Waals surface area contributed by atoms with Crippen LogP contribution in [0.15, 0.2) is 9.63 Å². The molecule has 0 fully saturated rings. The molecule has 0 spiro atoms. The van der Waals surface area contributed by atoms with Gasteiger partial charge in [0.15, 0.2) is 4.60 Å². The van der Waals surface area contributed by atoms with Crippen molar-refractivity contribution in [3.63, 3.8) is 0 Å². The van der Waals surface area contributed by atoms with E-state index >= 15 is 0 Å². The van der Waals surface area contributed by atoms with E-state index in [1.54, 1.807) is 13.8 Å². The highest BCUT2D eigenvalue weighted by molar-refractivity contribution is 9.10. The number of sulfonamides is 1. The van der Waals surface area contributed by atoms with E-state index in [2.05, 4.69) is 31.0 Å². The Morgan fingerprint density at radius 3 is 2.47 bits per heavy atom. The van der Waals surface area contributed by atoms with E-state index in [1.165, 1.54) is 7.05 Å². The topological polar surface area (TPSA) is 101 Å². The molecule has 7 nitrogen and oxygen atoms in total. The first kappa shape index (κ1) is 14.1. The number of aryl methyl sites for hydroxylation is 1. The fraction of sp³-hybridized carbons (Fsp3) is 0.625. The lowest BCUT2D eigenvalue weighted by atomic mass is 10.1. The first-order valence-electron chi connectivity index (χ1n) is 4.76. The molecule has 1 N–H and O–H groups in total. The van der Waals surface area contributed by atoms with Gasteiger partial charge in [-0.2, -0.15) is 9.98 Å². The van der Waals surface area contributed by atoms with Gasteiger partial charge in [0.2, 0.25) is 5.03 Å². The number of aromatic nitrogens is 3. The Morgan fingerprint density at radius 1 is 1.53 bits per heavy atom. The molecule has 0 saturated heterocycles. The number of hydrogen-bond donors (Lipinski definition) is 1. The Kier molecular flexibility index (Phi) is 4.24. The second-order valence-corrected chi connectivity index (χ2v) is 6.16. The summed E-state index contributed by atoms with van der Waals surface area (Å²) in [6.45, 7) is 3.51. The molecular formula is C8H12BrN5O2S. The summed E-state index contributed by atoms with van der Waals surface area (Å²) in [4.78, 5) is 0. The zero-order valence-electron chi connectivity index (χ0n) is 9.55. The summed E-state index contributed by atoms with van der Waals surface area (Å²) in [5.41, 5.74) is 0. The third-order valence-electron chi connectivity index (χ3n) is 2.08. The molecule has 94 valence electrons. The number of halogens is 1. The average Bonchev–Trinajstić information content (AvgIpc) is 2.55. The number of rotatable bonds is 4. The Morgan fingerprint density at radius 2 is 2.12 bits per heavy atom.